The van der Waals surface area contributed by atoms with E-state index in [2.05, 4.69) is 58.0 Å². The van der Waals surface area contributed by atoms with E-state index < -0.39 is 0 Å². The van der Waals surface area contributed by atoms with Crippen molar-refractivity contribution in [1.82, 2.24) is 15.6 Å². The van der Waals surface area contributed by atoms with Crippen LogP contribution in [-0.4, -0.2) is 24.5 Å². The minimum Gasteiger partial charge on any atom is -0.464 e. The first-order chi connectivity index (χ1) is 12.2. The summed E-state index contributed by atoms with van der Waals surface area (Å²) in [6.45, 7) is 4.88. The lowest BCUT2D eigenvalue weighted by atomic mass is 10.1. The summed E-state index contributed by atoms with van der Waals surface area (Å²) >= 11 is 0. The Bertz CT molecular complexity index is 846. The van der Waals surface area contributed by atoms with Crippen molar-refractivity contribution in [3.05, 3.63) is 59.7 Å². The molecule has 0 fully saturated rings. The molecule has 0 radical (unpaired) electrons. The highest BCUT2D eigenvalue weighted by Crippen LogP contribution is 2.19. The average molecular weight is 338 g/mol. The van der Waals surface area contributed by atoms with Crippen LogP contribution in [0.15, 0.2) is 52.0 Å². The summed E-state index contributed by atoms with van der Waals surface area (Å²) in [5.41, 5.74) is 2.56. The molecule has 1 atom stereocenters. The monoisotopic (exact) mass is 338 g/mol. The highest BCUT2D eigenvalue weighted by molar-refractivity contribution is 5.83. The number of fused-ring (bicyclic) bond motifs is 1. The number of benzene rings is 1. The summed E-state index contributed by atoms with van der Waals surface area (Å²) in [6, 6.07) is 12.5. The Balaban J connectivity index is 1.47. The van der Waals surface area contributed by atoms with Gasteiger partial charge in [0.2, 0.25) is 0 Å². The van der Waals surface area contributed by atoms with Crippen molar-refractivity contribution in [2.75, 3.05) is 13.6 Å². The molecule has 2 aromatic heterocycles. The van der Waals surface area contributed by atoms with Gasteiger partial charge in [0, 0.05) is 30.7 Å². The lowest BCUT2D eigenvalue weighted by molar-refractivity contribution is 0.441. The zero-order chi connectivity index (χ0) is 17.6. The molecule has 0 spiro atoms. The van der Waals surface area contributed by atoms with Crippen LogP contribution in [0.1, 0.15) is 36.5 Å². The number of aryl methyl sites for hydroxylation is 2. The molecule has 5 nitrogen and oxygen atoms in total. The molecule has 25 heavy (non-hydrogen) atoms. The number of furan rings is 1. The van der Waals surface area contributed by atoms with Crippen molar-refractivity contribution in [2.24, 2.45) is 4.99 Å². The molecule has 0 saturated carbocycles. The predicted molar refractivity (Wildman–Crippen MR) is 103 cm³/mol. The Kier molecular flexibility index (Phi) is 5.43. The summed E-state index contributed by atoms with van der Waals surface area (Å²) < 4.78 is 5.66. The quantitative estimate of drug-likeness (QED) is 0.362. The van der Waals surface area contributed by atoms with Gasteiger partial charge in [-0.1, -0.05) is 18.2 Å². The van der Waals surface area contributed by atoms with Crippen LogP contribution in [0, 0.1) is 6.92 Å². The second-order valence-corrected chi connectivity index (χ2v) is 6.28. The first-order valence-electron chi connectivity index (χ1n) is 8.76. The topological polar surface area (TPSA) is 65.3 Å². The van der Waals surface area contributed by atoms with Crippen molar-refractivity contribution in [3.8, 4) is 0 Å². The van der Waals surface area contributed by atoms with Crippen LogP contribution in [0.2, 0.25) is 0 Å². The van der Waals surface area contributed by atoms with Gasteiger partial charge in [0.15, 0.2) is 5.96 Å². The second-order valence-electron chi connectivity index (χ2n) is 6.28. The first-order valence-corrected chi connectivity index (χ1v) is 8.76. The number of nitrogens with one attached hydrogen (secondary N) is 3. The molecule has 0 bridgehead atoms. The number of rotatable bonds is 6. The number of guanidine groups is 1. The summed E-state index contributed by atoms with van der Waals surface area (Å²) in [7, 11) is 1.79. The van der Waals surface area contributed by atoms with Gasteiger partial charge in [-0.05, 0) is 50.5 Å². The minimum atomic E-state index is 0.0773. The zero-order valence-electron chi connectivity index (χ0n) is 15.1. The number of aliphatic imine (C=N–C) groups is 1. The molecule has 3 rings (SSSR count). The Morgan fingerprint density at radius 1 is 1.24 bits per heavy atom. The molecule has 1 aromatic carbocycles. The third-order valence-corrected chi connectivity index (χ3v) is 4.36. The van der Waals surface area contributed by atoms with E-state index in [4.69, 9.17) is 4.42 Å². The second kappa shape index (κ2) is 7.92. The van der Waals surface area contributed by atoms with Crippen molar-refractivity contribution >= 4 is 16.9 Å². The van der Waals surface area contributed by atoms with Crippen molar-refractivity contribution in [3.63, 3.8) is 0 Å². The Morgan fingerprint density at radius 3 is 2.84 bits per heavy atom. The first kappa shape index (κ1) is 17.1. The molecule has 0 amide bonds. The molecule has 2 heterocycles. The molecule has 0 aliphatic heterocycles. The normalized spacial score (nSPS) is 13.2. The van der Waals surface area contributed by atoms with E-state index >= 15 is 0 Å². The summed E-state index contributed by atoms with van der Waals surface area (Å²) in [5, 5.41) is 8.04. The molecule has 1 unspecified atom stereocenters. The molecule has 5 heteroatoms. The fraction of sp³-hybridized carbons (Fsp3) is 0.350. The number of nitrogens with zero attached hydrogens (tertiary/aromatic N) is 1. The molecule has 0 aliphatic carbocycles. The van der Waals surface area contributed by atoms with E-state index in [0.717, 1.165) is 36.9 Å². The van der Waals surface area contributed by atoms with Crippen LogP contribution < -0.4 is 10.6 Å². The van der Waals surface area contributed by atoms with E-state index in [1.165, 1.54) is 16.5 Å². The Morgan fingerprint density at radius 2 is 2.08 bits per heavy atom. The fourth-order valence-corrected chi connectivity index (χ4v) is 2.98. The standard InChI is InChI=1S/C20H26N4O/c1-14-10-11-19(25-14)15(2)24-20(21-3)22-12-6-7-16-13-23-18-9-5-4-8-17(16)18/h4-5,8-11,13,15,23H,6-7,12H2,1-3H3,(H2,21,22,24). The van der Waals surface area contributed by atoms with Gasteiger partial charge in [0.25, 0.3) is 0 Å². The van der Waals surface area contributed by atoms with Gasteiger partial charge in [-0.3, -0.25) is 4.99 Å². The van der Waals surface area contributed by atoms with Crippen LogP contribution in [-0.2, 0) is 6.42 Å². The molecular formula is C20H26N4O. The van der Waals surface area contributed by atoms with Gasteiger partial charge < -0.3 is 20.0 Å². The largest absolute Gasteiger partial charge is 0.464 e. The highest BCUT2D eigenvalue weighted by Gasteiger charge is 2.11. The van der Waals surface area contributed by atoms with Gasteiger partial charge in [0.1, 0.15) is 11.5 Å². The number of aromatic nitrogens is 1. The smallest absolute Gasteiger partial charge is 0.191 e. The Labute approximate surface area is 148 Å². The van der Waals surface area contributed by atoms with Gasteiger partial charge in [-0.2, -0.15) is 0 Å². The Hall–Kier alpha value is -2.69. The van der Waals surface area contributed by atoms with E-state index in [-0.39, 0.29) is 6.04 Å². The summed E-state index contributed by atoms with van der Waals surface area (Å²) in [6.07, 6.45) is 4.18. The number of H-pyrrole nitrogens is 1. The van der Waals surface area contributed by atoms with E-state index in [1.54, 1.807) is 7.05 Å². The van der Waals surface area contributed by atoms with E-state index in [9.17, 15) is 0 Å². The maximum atomic E-state index is 5.66. The number of hydrogen-bond donors (Lipinski definition) is 3. The fourth-order valence-electron chi connectivity index (χ4n) is 2.98. The lowest BCUT2D eigenvalue weighted by Gasteiger charge is -2.16. The highest BCUT2D eigenvalue weighted by atomic mass is 16.3. The molecule has 0 aliphatic rings. The third-order valence-electron chi connectivity index (χ3n) is 4.36. The number of para-hydroxylation sites is 1. The minimum absolute atomic E-state index is 0.0773. The van der Waals surface area contributed by atoms with Crippen molar-refractivity contribution in [1.29, 1.82) is 0 Å². The van der Waals surface area contributed by atoms with Crippen LogP contribution in [0.3, 0.4) is 0 Å². The van der Waals surface area contributed by atoms with Crippen LogP contribution in [0.25, 0.3) is 10.9 Å². The third kappa shape index (κ3) is 4.24. The van der Waals surface area contributed by atoms with Crippen LogP contribution in [0.5, 0.6) is 0 Å². The number of aromatic amines is 1. The molecule has 3 aromatic rings. The predicted octanol–water partition coefficient (Wildman–Crippen LogP) is 3.93. The van der Waals surface area contributed by atoms with Crippen molar-refractivity contribution in [2.45, 2.75) is 32.7 Å². The molecule has 3 N–H and O–H groups in total. The molecule has 132 valence electrons. The van der Waals surface area contributed by atoms with E-state index in [0.29, 0.717) is 0 Å². The van der Waals surface area contributed by atoms with Crippen LogP contribution >= 0.6 is 0 Å². The maximum absolute atomic E-state index is 5.66. The average Bonchev–Trinajstić information content (AvgIpc) is 3.24. The maximum Gasteiger partial charge on any atom is 0.191 e. The number of hydrogen-bond acceptors (Lipinski definition) is 2. The molecular weight excluding hydrogens is 312 g/mol. The van der Waals surface area contributed by atoms with Gasteiger partial charge in [-0.15, -0.1) is 0 Å². The summed E-state index contributed by atoms with van der Waals surface area (Å²) in [4.78, 5) is 7.62. The van der Waals surface area contributed by atoms with Gasteiger partial charge in [0.05, 0.1) is 6.04 Å². The van der Waals surface area contributed by atoms with Gasteiger partial charge in [-0.25, -0.2) is 0 Å². The van der Waals surface area contributed by atoms with Crippen LogP contribution in [0.4, 0.5) is 0 Å². The van der Waals surface area contributed by atoms with Crippen molar-refractivity contribution < 1.29 is 4.42 Å². The zero-order valence-corrected chi connectivity index (χ0v) is 15.1. The van der Waals surface area contributed by atoms with Gasteiger partial charge >= 0.3 is 0 Å². The molecule has 0 saturated heterocycles. The van der Waals surface area contributed by atoms with E-state index in [1.807, 2.05) is 19.1 Å². The SMILES string of the molecule is CN=C(NCCCc1c[nH]c2ccccc12)NC(C)c1ccc(C)o1. The lowest BCUT2D eigenvalue weighted by Crippen LogP contribution is -2.39. The summed E-state index contributed by atoms with van der Waals surface area (Å²) in [5.74, 6) is 2.63.